The lowest BCUT2D eigenvalue weighted by molar-refractivity contribution is -0.0229. The van der Waals surface area contributed by atoms with Gasteiger partial charge in [0.05, 0.1) is 23.4 Å². The van der Waals surface area contributed by atoms with Crippen molar-refractivity contribution >= 4 is 16.8 Å². The van der Waals surface area contributed by atoms with Crippen LogP contribution < -0.4 is 5.32 Å². The number of ether oxygens (including phenoxy) is 1. The van der Waals surface area contributed by atoms with Crippen molar-refractivity contribution in [1.82, 2.24) is 15.2 Å². The molecule has 1 aromatic heterocycles. The first-order valence-corrected chi connectivity index (χ1v) is 8.52. The molecule has 2 heterocycles. The van der Waals surface area contributed by atoms with Crippen LogP contribution in [0.25, 0.3) is 10.9 Å². The summed E-state index contributed by atoms with van der Waals surface area (Å²) in [6, 6.07) is 9.67. The number of fused-ring (bicyclic) bond motifs is 1. The predicted octanol–water partition coefficient (Wildman–Crippen LogP) is 2.62. The molecule has 1 N–H and O–H groups in total. The topological polar surface area (TPSA) is 54.5 Å². The first kappa shape index (κ1) is 16.9. The number of hydrogen-bond acceptors (Lipinski definition) is 4. The molecule has 1 aliphatic heterocycles. The summed E-state index contributed by atoms with van der Waals surface area (Å²) in [6.45, 7) is 7.23. The summed E-state index contributed by atoms with van der Waals surface area (Å²) >= 11 is 0. The highest BCUT2D eigenvalue weighted by atomic mass is 16.5. The van der Waals surface area contributed by atoms with Crippen LogP contribution in [0.15, 0.2) is 30.3 Å². The minimum absolute atomic E-state index is 0.0484. The highest BCUT2D eigenvalue weighted by molar-refractivity contribution is 6.06. The zero-order valence-corrected chi connectivity index (χ0v) is 14.6. The molecule has 0 aliphatic carbocycles. The Kier molecular flexibility index (Phi) is 5.11. The average Bonchev–Trinajstić information content (AvgIpc) is 2.58. The molecule has 1 amide bonds. The van der Waals surface area contributed by atoms with Crippen molar-refractivity contribution in [2.24, 2.45) is 5.92 Å². The summed E-state index contributed by atoms with van der Waals surface area (Å²) in [7, 11) is 2.08. The maximum Gasteiger partial charge on any atom is 0.252 e. The number of morpholine rings is 1. The number of amides is 1. The number of para-hydroxylation sites is 1. The zero-order chi connectivity index (χ0) is 17.1. The van der Waals surface area contributed by atoms with Gasteiger partial charge < -0.3 is 15.0 Å². The van der Waals surface area contributed by atoms with Crippen LogP contribution in [0.5, 0.6) is 0 Å². The maximum atomic E-state index is 12.7. The van der Waals surface area contributed by atoms with Crippen molar-refractivity contribution in [3.8, 4) is 0 Å². The van der Waals surface area contributed by atoms with Gasteiger partial charge in [0, 0.05) is 25.0 Å². The summed E-state index contributed by atoms with van der Waals surface area (Å²) in [5.41, 5.74) is 2.34. The van der Waals surface area contributed by atoms with E-state index in [-0.39, 0.29) is 12.0 Å². The standard InChI is InChI=1S/C19H25N3O2/c1-13(2)11-20-19(23)15-10-17(18-12-22(3)8-9-24-18)21-16-7-5-4-6-14(15)16/h4-7,10,13,18H,8-9,11-12H2,1-3H3,(H,20,23). The van der Waals surface area contributed by atoms with Crippen LogP contribution in [0.3, 0.4) is 0 Å². The lowest BCUT2D eigenvalue weighted by atomic mass is 10.0. The quantitative estimate of drug-likeness (QED) is 0.938. The molecule has 1 aliphatic rings. The van der Waals surface area contributed by atoms with E-state index in [0.29, 0.717) is 24.6 Å². The molecule has 1 aromatic carbocycles. The fourth-order valence-electron chi connectivity index (χ4n) is 2.90. The van der Waals surface area contributed by atoms with Crippen molar-refractivity contribution in [3.63, 3.8) is 0 Å². The van der Waals surface area contributed by atoms with Gasteiger partial charge in [-0.05, 0) is 25.1 Å². The summed E-state index contributed by atoms with van der Waals surface area (Å²) in [5, 5.41) is 3.89. The molecule has 5 nitrogen and oxygen atoms in total. The Morgan fingerprint density at radius 3 is 2.96 bits per heavy atom. The molecule has 0 radical (unpaired) electrons. The number of pyridine rings is 1. The second-order valence-electron chi connectivity index (χ2n) is 6.84. The van der Waals surface area contributed by atoms with Crippen LogP contribution >= 0.6 is 0 Å². The minimum Gasteiger partial charge on any atom is -0.369 e. The second-order valence-corrected chi connectivity index (χ2v) is 6.84. The predicted molar refractivity (Wildman–Crippen MR) is 95.1 cm³/mol. The molecule has 1 atom stereocenters. The van der Waals surface area contributed by atoms with Gasteiger partial charge in [-0.2, -0.15) is 0 Å². The highest BCUT2D eigenvalue weighted by Gasteiger charge is 2.23. The first-order chi connectivity index (χ1) is 11.5. The Hall–Kier alpha value is -1.98. The minimum atomic E-state index is -0.0926. The molecule has 128 valence electrons. The van der Waals surface area contributed by atoms with Gasteiger partial charge in [0.15, 0.2) is 0 Å². The molecular weight excluding hydrogens is 302 g/mol. The van der Waals surface area contributed by atoms with Crippen LogP contribution in [0.2, 0.25) is 0 Å². The average molecular weight is 327 g/mol. The van der Waals surface area contributed by atoms with Crippen LogP contribution in [-0.2, 0) is 4.74 Å². The van der Waals surface area contributed by atoms with E-state index in [2.05, 4.69) is 31.1 Å². The second kappa shape index (κ2) is 7.28. The fraction of sp³-hybridized carbons (Fsp3) is 0.474. The maximum absolute atomic E-state index is 12.7. The first-order valence-electron chi connectivity index (χ1n) is 8.52. The van der Waals surface area contributed by atoms with Crippen LogP contribution in [0.4, 0.5) is 0 Å². The fourth-order valence-corrected chi connectivity index (χ4v) is 2.90. The molecule has 1 fully saturated rings. The van der Waals surface area contributed by atoms with Crippen molar-refractivity contribution in [3.05, 3.63) is 41.6 Å². The Morgan fingerprint density at radius 1 is 1.42 bits per heavy atom. The van der Waals surface area contributed by atoms with Gasteiger partial charge in [0.1, 0.15) is 6.10 Å². The molecular formula is C19H25N3O2. The lowest BCUT2D eigenvalue weighted by Crippen LogP contribution is -2.36. The van der Waals surface area contributed by atoms with Gasteiger partial charge in [-0.25, -0.2) is 4.98 Å². The molecule has 2 aromatic rings. The third-order valence-electron chi connectivity index (χ3n) is 4.25. The summed E-state index contributed by atoms with van der Waals surface area (Å²) in [4.78, 5) is 19.6. The van der Waals surface area contributed by atoms with Gasteiger partial charge in [0.25, 0.3) is 5.91 Å². The molecule has 0 spiro atoms. The monoisotopic (exact) mass is 327 g/mol. The Morgan fingerprint density at radius 2 is 2.21 bits per heavy atom. The van der Waals surface area contributed by atoms with Crippen molar-refractivity contribution in [2.45, 2.75) is 20.0 Å². The largest absolute Gasteiger partial charge is 0.369 e. The summed E-state index contributed by atoms with van der Waals surface area (Å²) in [5.74, 6) is 0.365. The van der Waals surface area contributed by atoms with E-state index in [9.17, 15) is 4.79 Å². The van der Waals surface area contributed by atoms with Crippen LogP contribution in [-0.4, -0.2) is 49.1 Å². The summed E-state index contributed by atoms with van der Waals surface area (Å²) < 4.78 is 5.88. The number of carbonyl (C=O) groups excluding carboxylic acids is 1. The van der Waals surface area contributed by atoms with Crippen molar-refractivity contribution in [1.29, 1.82) is 0 Å². The highest BCUT2D eigenvalue weighted by Crippen LogP contribution is 2.25. The van der Waals surface area contributed by atoms with E-state index in [4.69, 9.17) is 9.72 Å². The van der Waals surface area contributed by atoms with E-state index in [1.165, 1.54) is 0 Å². The molecule has 5 heteroatoms. The molecule has 0 bridgehead atoms. The number of hydrogen-bond donors (Lipinski definition) is 1. The number of carbonyl (C=O) groups is 1. The number of benzene rings is 1. The Labute approximate surface area is 143 Å². The van der Waals surface area contributed by atoms with E-state index >= 15 is 0 Å². The SMILES string of the molecule is CC(C)CNC(=O)c1cc(C2CN(C)CCO2)nc2ccccc12. The molecule has 0 saturated carbocycles. The van der Waals surface area contributed by atoms with Crippen molar-refractivity contribution < 1.29 is 9.53 Å². The number of nitrogens with zero attached hydrogens (tertiary/aromatic N) is 2. The van der Waals surface area contributed by atoms with Gasteiger partial charge in [-0.1, -0.05) is 32.0 Å². The van der Waals surface area contributed by atoms with Gasteiger partial charge in [-0.3, -0.25) is 4.79 Å². The van der Waals surface area contributed by atoms with E-state index in [1.54, 1.807) is 0 Å². The van der Waals surface area contributed by atoms with Crippen LogP contribution in [0, 0.1) is 5.92 Å². The number of rotatable bonds is 4. The van der Waals surface area contributed by atoms with E-state index < -0.39 is 0 Å². The zero-order valence-electron chi connectivity index (χ0n) is 14.6. The smallest absolute Gasteiger partial charge is 0.252 e. The molecule has 1 saturated heterocycles. The lowest BCUT2D eigenvalue weighted by Gasteiger charge is -2.30. The molecule has 24 heavy (non-hydrogen) atoms. The number of nitrogens with one attached hydrogen (secondary N) is 1. The Balaban J connectivity index is 1.98. The third kappa shape index (κ3) is 3.74. The third-order valence-corrected chi connectivity index (χ3v) is 4.25. The summed E-state index contributed by atoms with van der Waals surface area (Å²) in [6.07, 6.45) is -0.0926. The van der Waals surface area contributed by atoms with Crippen molar-refractivity contribution in [2.75, 3.05) is 33.3 Å². The molecule has 3 rings (SSSR count). The molecule has 1 unspecified atom stereocenters. The number of aromatic nitrogens is 1. The van der Waals surface area contributed by atoms with Gasteiger partial charge in [-0.15, -0.1) is 0 Å². The normalized spacial score (nSPS) is 18.9. The van der Waals surface area contributed by atoms with E-state index in [1.807, 2.05) is 30.3 Å². The van der Waals surface area contributed by atoms with Crippen LogP contribution in [0.1, 0.15) is 36.0 Å². The van der Waals surface area contributed by atoms with Gasteiger partial charge >= 0.3 is 0 Å². The number of likely N-dealkylation sites (N-methyl/N-ethyl adjacent to an activating group) is 1. The van der Waals surface area contributed by atoms with Gasteiger partial charge in [0.2, 0.25) is 0 Å². The Bertz CT molecular complexity index is 730. The van der Waals surface area contributed by atoms with E-state index in [0.717, 1.165) is 29.7 Å².